The normalized spacial score (nSPS) is 9.42. The summed E-state index contributed by atoms with van der Waals surface area (Å²) in [5.41, 5.74) is 0. The van der Waals surface area contributed by atoms with Crippen LogP contribution in [-0.4, -0.2) is 16.8 Å². The SMILES string of the molecule is IBSCCOc1ccccc1. The van der Waals surface area contributed by atoms with E-state index in [9.17, 15) is 0 Å². The van der Waals surface area contributed by atoms with E-state index in [-0.39, 0.29) is 0 Å². The molecule has 0 aliphatic carbocycles. The highest BCUT2D eigenvalue weighted by Crippen LogP contribution is 2.09. The van der Waals surface area contributed by atoms with Crippen LogP contribution in [0.25, 0.3) is 0 Å². The summed E-state index contributed by atoms with van der Waals surface area (Å²) in [5.74, 6) is 2.03. The van der Waals surface area contributed by atoms with E-state index in [0.29, 0.717) is 0 Å². The highest BCUT2D eigenvalue weighted by Gasteiger charge is 1.90. The van der Waals surface area contributed by atoms with Gasteiger partial charge in [0.05, 0.1) is 6.61 Å². The van der Waals surface area contributed by atoms with Gasteiger partial charge in [0.1, 0.15) is 5.75 Å². The average molecular weight is 292 g/mol. The maximum Gasteiger partial charge on any atom is 0.264 e. The van der Waals surface area contributed by atoms with Gasteiger partial charge in [-0.1, -0.05) is 18.2 Å². The van der Waals surface area contributed by atoms with E-state index in [4.69, 9.17) is 4.74 Å². The summed E-state index contributed by atoms with van der Waals surface area (Å²) >= 11 is 4.24. The van der Waals surface area contributed by atoms with Crippen LogP contribution in [0.5, 0.6) is 5.75 Å². The van der Waals surface area contributed by atoms with Crippen LogP contribution in [0.1, 0.15) is 0 Å². The largest absolute Gasteiger partial charge is 0.493 e. The first kappa shape index (κ1) is 10.2. The molecule has 0 N–H and O–H groups in total. The minimum Gasteiger partial charge on any atom is -0.493 e. The predicted octanol–water partition coefficient (Wildman–Crippen LogP) is 2.50. The van der Waals surface area contributed by atoms with Crippen molar-refractivity contribution >= 4 is 38.4 Å². The Labute approximate surface area is 91.3 Å². The van der Waals surface area contributed by atoms with E-state index in [2.05, 4.69) is 22.4 Å². The number of rotatable bonds is 5. The smallest absolute Gasteiger partial charge is 0.264 e. The topological polar surface area (TPSA) is 9.23 Å². The van der Waals surface area contributed by atoms with Crippen molar-refractivity contribution < 1.29 is 4.74 Å². The zero-order chi connectivity index (χ0) is 8.65. The quantitative estimate of drug-likeness (QED) is 0.468. The van der Waals surface area contributed by atoms with Gasteiger partial charge in [0.25, 0.3) is 4.41 Å². The van der Waals surface area contributed by atoms with Crippen LogP contribution in [0, 0.1) is 0 Å². The fraction of sp³-hybridized carbons (Fsp3) is 0.250. The molecular weight excluding hydrogens is 282 g/mol. The third-order valence-corrected chi connectivity index (χ3v) is 3.25. The van der Waals surface area contributed by atoms with Gasteiger partial charge in [0.2, 0.25) is 0 Å². The number of hydrogen-bond donors (Lipinski definition) is 0. The van der Waals surface area contributed by atoms with E-state index in [1.54, 1.807) is 0 Å². The molecule has 0 amide bonds. The van der Waals surface area contributed by atoms with Gasteiger partial charge in [-0.25, -0.2) is 0 Å². The van der Waals surface area contributed by atoms with E-state index >= 15 is 0 Å². The molecule has 0 aromatic heterocycles. The molecule has 0 aliphatic heterocycles. The van der Waals surface area contributed by atoms with Crippen molar-refractivity contribution in [1.29, 1.82) is 0 Å². The standard InChI is InChI=1S/C8H10BIOS/c10-9-12-7-6-11-8-4-2-1-3-5-8/h1-5,9H,6-7H2. The first-order valence-electron chi connectivity index (χ1n) is 3.75. The second kappa shape index (κ2) is 6.66. The molecule has 64 valence electrons. The van der Waals surface area contributed by atoms with Crippen molar-refractivity contribution in [3.8, 4) is 5.75 Å². The first-order valence-corrected chi connectivity index (χ1v) is 6.43. The Bertz CT molecular complexity index is 207. The molecule has 1 aromatic rings. The lowest BCUT2D eigenvalue weighted by atomic mass is 10.3. The summed E-state index contributed by atoms with van der Waals surface area (Å²) < 4.78 is 6.62. The molecule has 1 aromatic carbocycles. The third-order valence-electron chi connectivity index (χ3n) is 1.32. The van der Waals surface area contributed by atoms with Crippen molar-refractivity contribution in [3.05, 3.63) is 30.3 Å². The molecule has 0 spiro atoms. The van der Waals surface area contributed by atoms with Crippen LogP contribution < -0.4 is 4.74 Å². The van der Waals surface area contributed by atoms with Gasteiger partial charge < -0.3 is 4.74 Å². The molecule has 1 nitrogen and oxygen atoms in total. The summed E-state index contributed by atoms with van der Waals surface area (Å²) in [5, 5.41) is 0. The van der Waals surface area contributed by atoms with Gasteiger partial charge in [-0.2, -0.15) is 11.6 Å². The number of hydrogen-bond acceptors (Lipinski definition) is 2. The van der Waals surface area contributed by atoms with Crippen LogP contribution in [-0.2, 0) is 0 Å². The highest BCUT2D eigenvalue weighted by atomic mass is 127. The summed E-state index contributed by atoms with van der Waals surface area (Å²) in [6.45, 7) is 0.803. The molecule has 0 bridgehead atoms. The molecule has 0 atom stereocenters. The van der Waals surface area contributed by atoms with Gasteiger partial charge in [0.15, 0.2) is 0 Å². The van der Waals surface area contributed by atoms with Crippen molar-refractivity contribution in [2.75, 3.05) is 12.4 Å². The third kappa shape index (κ3) is 4.26. The zero-order valence-corrected chi connectivity index (χ0v) is 9.68. The molecule has 4 heteroatoms. The molecule has 0 saturated heterocycles. The van der Waals surface area contributed by atoms with Gasteiger partial charge in [-0.3, -0.25) is 0 Å². The summed E-state index contributed by atoms with van der Waals surface area (Å²) in [7, 11) is 0. The van der Waals surface area contributed by atoms with Crippen molar-refractivity contribution in [2.24, 2.45) is 0 Å². The van der Waals surface area contributed by atoms with Crippen LogP contribution >= 0.6 is 34.0 Å². The lowest BCUT2D eigenvalue weighted by molar-refractivity contribution is 0.344. The fourth-order valence-electron chi connectivity index (χ4n) is 0.790. The lowest BCUT2D eigenvalue weighted by Gasteiger charge is -2.03. The Hall–Kier alpha value is 0.165. The fourth-order valence-corrected chi connectivity index (χ4v) is 2.03. The van der Waals surface area contributed by atoms with Gasteiger partial charge in [-0.05, 0) is 12.1 Å². The molecule has 0 unspecified atom stereocenters. The minimum absolute atomic E-state index is 0.803. The van der Waals surface area contributed by atoms with Gasteiger partial charge >= 0.3 is 0 Å². The zero-order valence-electron chi connectivity index (χ0n) is 6.70. The summed E-state index contributed by atoms with van der Waals surface area (Å²) in [4.78, 5) is 0. The number of para-hydroxylation sites is 1. The molecule has 0 saturated carbocycles. The van der Waals surface area contributed by atoms with E-state index in [0.717, 1.165) is 22.5 Å². The Morgan fingerprint density at radius 2 is 2.08 bits per heavy atom. The van der Waals surface area contributed by atoms with Crippen molar-refractivity contribution in [1.82, 2.24) is 0 Å². The van der Waals surface area contributed by atoms with Gasteiger partial charge in [-0.15, -0.1) is 22.4 Å². The summed E-state index contributed by atoms with van der Waals surface area (Å²) in [6.07, 6.45) is 0. The number of benzene rings is 1. The summed E-state index contributed by atoms with van der Waals surface area (Å²) in [6, 6.07) is 9.93. The molecule has 0 fully saturated rings. The van der Waals surface area contributed by atoms with E-state index in [1.165, 1.54) is 0 Å². The van der Waals surface area contributed by atoms with Gasteiger partial charge in [0, 0.05) is 5.75 Å². The molecule has 0 aliphatic rings. The minimum atomic E-state index is 0.803. The number of halogens is 1. The van der Waals surface area contributed by atoms with Crippen LogP contribution in [0.2, 0.25) is 0 Å². The average Bonchev–Trinajstić information content (AvgIpc) is 2.14. The second-order valence-corrected chi connectivity index (χ2v) is 5.08. The molecule has 1 rings (SSSR count). The maximum absolute atomic E-state index is 5.48. The molecule has 0 heterocycles. The first-order chi connectivity index (χ1) is 5.93. The van der Waals surface area contributed by atoms with E-state index < -0.39 is 0 Å². The second-order valence-electron chi connectivity index (χ2n) is 2.18. The highest BCUT2D eigenvalue weighted by molar-refractivity contribution is 14.1. The maximum atomic E-state index is 5.48. The van der Waals surface area contributed by atoms with E-state index in [1.807, 2.05) is 41.9 Å². The van der Waals surface area contributed by atoms with Crippen molar-refractivity contribution in [3.63, 3.8) is 0 Å². The molecule has 12 heavy (non-hydrogen) atoms. The lowest BCUT2D eigenvalue weighted by Crippen LogP contribution is -1.99. The Kier molecular flexibility index (Phi) is 5.68. The van der Waals surface area contributed by atoms with Crippen LogP contribution in [0.4, 0.5) is 0 Å². The Morgan fingerprint density at radius 1 is 1.33 bits per heavy atom. The molecular formula is C8H10BIOS. The Morgan fingerprint density at radius 3 is 2.75 bits per heavy atom. The van der Waals surface area contributed by atoms with Crippen molar-refractivity contribution in [2.45, 2.75) is 0 Å². The Balaban J connectivity index is 2.16. The predicted molar refractivity (Wildman–Crippen MR) is 65.6 cm³/mol. The molecule has 0 radical (unpaired) electrons. The van der Waals surface area contributed by atoms with Crippen LogP contribution in [0.3, 0.4) is 0 Å². The monoisotopic (exact) mass is 292 g/mol. The number of ether oxygens (including phenoxy) is 1. The van der Waals surface area contributed by atoms with Crippen LogP contribution in [0.15, 0.2) is 30.3 Å².